The van der Waals surface area contributed by atoms with Crippen LogP contribution in [0.2, 0.25) is 0 Å². The van der Waals surface area contributed by atoms with E-state index in [2.05, 4.69) is 25.7 Å². The van der Waals surface area contributed by atoms with Gasteiger partial charge in [0.1, 0.15) is 5.82 Å². The molecule has 1 saturated carbocycles. The molecule has 2 N–H and O–H groups in total. The van der Waals surface area contributed by atoms with Crippen LogP contribution in [0.3, 0.4) is 0 Å². The van der Waals surface area contributed by atoms with Gasteiger partial charge in [-0.05, 0) is 25.0 Å². The Hall–Kier alpha value is -2.63. The fraction of sp³-hybridized carbons (Fsp3) is 0.353. The number of aromatic nitrogens is 4. The maximum atomic E-state index is 4.69. The molecule has 0 aliphatic heterocycles. The van der Waals surface area contributed by atoms with Crippen molar-refractivity contribution in [1.29, 1.82) is 0 Å². The van der Waals surface area contributed by atoms with Crippen LogP contribution >= 0.6 is 0 Å². The van der Waals surface area contributed by atoms with Crippen LogP contribution in [0.5, 0.6) is 0 Å². The summed E-state index contributed by atoms with van der Waals surface area (Å²) in [5, 5.41) is 12.1. The van der Waals surface area contributed by atoms with Crippen LogP contribution in [0.4, 0.5) is 17.5 Å². The summed E-state index contributed by atoms with van der Waals surface area (Å²) >= 11 is 0. The van der Waals surface area contributed by atoms with E-state index in [1.165, 1.54) is 25.7 Å². The highest BCUT2D eigenvalue weighted by atomic mass is 15.3. The molecule has 6 heteroatoms. The molecule has 23 heavy (non-hydrogen) atoms. The van der Waals surface area contributed by atoms with Crippen molar-refractivity contribution in [3.8, 4) is 0 Å². The molecule has 2 heterocycles. The zero-order valence-electron chi connectivity index (χ0n) is 13.2. The number of aryl methyl sites for hydroxylation is 1. The molecular weight excluding hydrogens is 288 g/mol. The molecular formula is C17H20N6. The van der Waals surface area contributed by atoms with Crippen molar-refractivity contribution in [2.75, 3.05) is 10.6 Å². The number of para-hydroxylation sites is 1. The number of anilines is 3. The molecule has 0 spiro atoms. The molecule has 1 aliphatic rings. The Morgan fingerprint density at radius 1 is 1.09 bits per heavy atom. The number of rotatable bonds is 4. The molecule has 6 nitrogen and oxygen atoms in total. The van der Waals surface area contributed by atoms with E-state index in [4.69, 9.17) is 0 Å². The fourth-order valence-electron chi connectivity index (χ4n) is 3.09. The first kappa shape index (κ1) is 14.0. The smallest absolute Gasteiger partial charge is 0.226 e. The van der Waals surface area contributed by atoms with Gasteiger partial charge >= 0.3 is 0 Å². The maximum Gasteiger partial charge on any atom is 0.226 e. The second kappa shape index (κ2) is 5.87. The summed E-state index contributed by atoms with van der Waals surface area (Å²) in [7, 11) is 1.90. The van der Waals surface area contributed by atoms with Crippen LogP contribution in [0, 0.1) is 0 Å². The predicted octanol–water partition coefficient (Wildman–Crippen LogP) is 3.46. The minimum Gasteiger partial charge on any atom is -0.351 e. The molecule has 1 aromatic carbocycles. The number of hydrogen-bond acceptors (Lipinski definition) is 5. The second-order valence-electron chi connectivity index (χ2n) is 6.02. The summed E-state index contributed by atoms with van der Waals surface area (Å²) in [6.45, 7) is 0. The van der Waals surface area contributed by atoms with Gasteiger partial charge in [-0.3, -0.25) is 4.68 Å². The summed E-state index contributed by atoms with van der Waals surface area (Å²) in [5.41, 5.74) is 1.84. The van der Waals surface area contributed by atoms with Crippen molar-refractivity contribution < 1.29 is 0 Å². The number of nitrogens with one attached hydrogen (secondary N) is 2. The lowest BCUT2D eigenvalue weighted by molar-refractivity contribution is 0.742. The molecule has 118 valence electrons. The van der Waals surface area contributed by atoms with Gasteiger partial charge in [-0.1, -0.05) is 31.0 Å². The highest BCUT2D eigenvalue weighted by Crippen LogP contribution is 2.26. The van der Waals surface area contributed by atoms with Crippen LogP contribution in [0.15, 0.2) is 36.5 Å². The molecule has 0 amide bonds. The Morgan fingerprint density at radius 3 is 2.65 bits per heavy atom. The summed E-state index contributed by atoms with van der Waals surface area (Å²) in [4.78, 5) is 9.33. The molecule has 0 bridgehead atoms. The maximum absolute atomic E-state index is 4.69. The zero-order chi connectivity index (χ0) is 15.6. The molecule has 1 fully saturated rings. The van der Waals surface area contributed by atoms with Crippen molar-refractivity contribution in [2.45, 2.75) is 31.7 Å². The van der Waals surface area contributed by atoms with Crippen LogP contribution in [-0.2, 0) is 7.05 Å². The van der Waals surface area contributed by atoms with Gasteiger partial charge in [-0.15, -0.1) is 0 Å². The van der Waals surface area contributed by atoms with E-state index in [0.717, 1.165) is 22.5 Å². The van der Waals surface area contributed by atoms with Crippen LogP contribution in [-0.4, -0.2) is 25.8 Å². The molecule has 0 saturated heterocycles. The van der Waals surface area contributed by atoms with Gasteiger partial charge in [0.05, 0.1) is 11.6 Å². The molecule has 1 aliphatic carbocycles. The van der Waals surface area contributed by atoms with Crippen molar-refractivity contribution in [1.82, 2.24) is 19.7 Å². The van der Waals surface area contributed by atoms with Crippen molar-refractivity contribution in [3.05, 3.63) is 36.5 Å². The molecule has 0 atom stereocenters. The molecule has 4 rings (SSSR count). The van der Waals surface area contributed by atoms with Crippen LogP contribution < -0.4 is 10.6 Å². The number of fused-ring (bicyclic) bond motifs is 1. The Balaban J connectivity index is 1.71. The average Bonchev–Trinajstić information content (AvgIpc) is 3.19. The molecule has 3 aromatic rings. The van der Waals surface area contributed by atoms with E-state index in [0.29, 0.717) is 12.0 Å². The minimum atomic E-state index is 0.477. The lowest BCUT2D eigenvalue weighted by atomic mass is 10.2. The van der Waals surface area contributed by atoms with Gasteiger partial charge in [0.2, 0.25) is 5.95 Å². The van der Waals surface area contributed by atoms with E-state index < -0.39 is 0 Å². The lowest BCUT2D eigenvalue weighted by Gasteiger charge is -2.14. The lowest BCUT2D eigenvalue weighted by Crippen LogP contribution is -2.17. The summed E-state index contributed by atoms with van der Waals surface area (Å²) in [6, 6.07) is 10.5. The van der Waals surface area contributed by atoms with E-state index in [1.807, 2.05) is 37.4 Å². The SMILES string of the molecule is Cn1ncc2c(Nc3ccccc3)nc(NC3CCCC3)nc21. The number of nitrogens with zero attached hydrogens (tertiary/aromatic N) is 4. The van der Waals surface area contributed by atoms with Crippen LogP contribution in [0.1, 0.15) is 25.7 Å². The Bertz CT molecular complexity index is 805. The quantitative estimate of drug-likeness (QED) is 0.772. The normalized spacial score (nSPS) is 15.2. The van der Waals surface area contributed by atoms with Gasteiger partial charge in [0.25, 0.3) is 0 Å². The first-order chi connectivity index (χ1) is 11.3. The van der Waals surface area contributed by atoms with E-state index in [9.17, 15) is 0 Å². The van der Waals surface area contributed by atoms with Crippen molar-refractivity contribution in [3.63, 3.8) is 0 Å². The number of benzene rings is 1. The van der Waals surface area contributed by atoms with Crippen LogP contribution in [0.25, 0.3) is 11.0 Å². The zero-order valence-corrected chi connectivity index (χ0v) is 13.2. The third-order valence-electron chi connectivity index (χ3n) is 4.32. The van der Waals surface area contributed by atoms with E-state index in [1.54, 1.807) is 10.9 Å². The Morgan fingerprint density at radius 2 is 1.87 bits per heavy atom. The van der Waals surface area contributed by atoms with E-state index in [-0.39, 0.29) is 0 Å². The molecule has 0 radical (unpaired) electrons. The van der Waals surface area contributed by atoms with Gasteiger partial charge in [0, 0.05) is 18.8 Å². The van der Waals surface area contributed by atoms with Gasteiger partial charge in [0.15, 0.2) is 5.65 Å². The predicted molar refractivity (Wildman–Crippen MR) is 91.9 cm³/mol. The first-order valence-corrected chi connectivity index (χ1v) is 8.08. The highest BCUT2D eigenvalue weighted by molar-refractivity contribution is 5.89. The van der Waals surface area contributed by atoms with Gasteiger partial charge < -0.3 is 10.6 Å². The Kier molecular flexibility index (Phi) is 3.57. The van der Waals surface area contributed by atoms with E-state index >= 15 is 0 Å². The second-order valence-corrected chi connectivity index (χ2v) is 6.02. The highest BCUT2D eigenvalue weighted by Gasteiger charge is 2.18. The third kappa shape index (κ3) is 2.84. The number of hydrogen-bond donors (Lipinski definition) is 2. The Labute approximate surface area is 135 Å². The average molecular weight is 308 g/mol. The monoisotopic (exact) mass is 308 g/mol. The fourth-order valence-corrected chi connectivity index (χ4v) is 3.09. The van der Waals surface area contributed by atoms with Crippen molar-refractivity contribution >= 4 is 28.5 Å². The largest absolute Gasteiger partial charge is 0.351 e. The summed E-state index contributed by atoms with van der Waals surface area (Å²) in [6.07, 6.45) is 6.74. The summed E-state index contributed by atoms with van der Waals surface area (Å²) < 4.78 is 1.78. The summed E-state index contributed by atoms with van der Waals surface area (Å²) in [5.74, 6) is 1.46. The first-order valence-electron chi connectivity index (χ1n) is 8.08. The topological polar surface area (TPSA) is 67.7 Å². The molecule has 2 aromatic heterocycles. The van der Waals surface area contributed by atoms with Crippen molar-refractivity contribution in [2.24, 2.45) is 7.05 Å². The van der Waals surface area contributed by atoms with Gasteiger partial charge in [-0.25, -0.2) is 0 Å². The minimum absolute atomic E-state index is 0.477. The standard InChI is InChI=1S/C17H20N6/c1-23-16-14(11-18-23)15(19-12-7-3-2-4-8-12)21-17(22-16)20-13-9-5-6-10-13/h2-4,7-8,11,13H,5-6,9-10H2,1H3,(H2,19,20,21,22). The third-order valence-corrected chi connectivity index (χ3v) is 4.32. The van der Waals surface area contributed by atoms with Gasteiger partial charge in [-0.2, -0.15) is 15.1 Å². The molecule has 0 unspecified atom stereocenters.